The summed E-state index contributed by atoms with van der Waals surface area (Å²) in [4.78, 5) is 14.4. The molecule has 0 spiro atoms. The van der Waals surface area contributed by atoms with Gasteiger partial charge in [0.05, 0.1) is 6.61 Å². The number of hydrogen-bond acceptors (Lipinski definition) is 4. The molecule has 0 aromatic heterocycles. The van der Waals surface area contributed by atoms with E-state index in [0.717, 1.165) is 58.0 Å². The number of carbonyl (C=O) groups excluding carboxylic acids is 1. The molecule has 23 heavy (non-hydrogen) atoms. The maximum absolute atomic E-state index is 12.5. The number of ether oxygens (including phenoxy) is 1. The molecule has 1 aromatic rings. The summed E-state index contributed by atoms with van der Waals surface area (Å²) in [5, 5.41) is 6.73. The molecule has 2 heterocycles. The molecule has 126 valence electrons. The number of benzene rings is 1. The second-order valence-corrected chi connectivity index (χ2v) is 6.35. The summed E-state index contributed by atoms with van der Waals surface area (Å²) in [7, 11) is 0. The van der Waals surface area contributed by atoms with Crippen molar-refractivity contribution in [3.05, 3.63) is 35.4 Å². The standard InChI is InChI=1S/C18H27N3O2/c1-2-23-13-16-11-20-12-17(16)14-3-5-15(6-4-14)18(22)21-9-7-19-8-10-21/h3-6,16-17,19-20H,2,7-13H2,1H3/t16?,17-/m0/s1. The topological polar surface area (TPSA) is 53.6 Å². The maximum Gasteiger partial charge on any atom is 0.253 e. The Hall–Kier alpha value is -1.43. The molecule has 5 nitrogen and oxygen atoms in total. The monoisotopic (exact) mass is 317 g/mol. The van der Waals surface area contributed by atoms with Gasteiger partial charge in [-0.1, -0.05) is 12.1 Å². The third kappa shape index (κ3) is 3.91. The Kier molecular flexibility index (Phi) is 5.65. The molecule has 3 rings (SSSR count). The quantitative estimate of drug-likeness (QED) is 0.853. The van der Waals surface area contributed by atoms with Crippen LogP contribution in [0, 0.1) is 5.92 Å². The van der Waals surface area contributed by atoms with E-state index in [9.17, 15) is 4.79 Å². The summed E-state index contributed by atoms with van der Waals surface area (Å²) < 4.78 is 5.60. The molecule has 5 heteroatoms. The zero-order valence-electron chi connectivity index (χ0n) is 13.9. The SMILES string of the molecule is CCOCC1CNC[C@H]1c1ccc(C(=O)N2CCNCC2)cc1. The van der Waals surface area contributed by atoms with Crippen molar-refractivity contribution in [1.29, 1.82) is 0 Å². The zero-order valence-corrected chi connectivity index (χ0v) is 13.9. The summed E-state index contributed by atoms with van der Waals surface area (Å²) in [6.45, 7) is 8.96. The number of nitrogens with one attached hydrogen (secondary N) is 2. The van der Waals surface area contributed by atoms with E-state index in [1.807, 2.05) is 24.0 Å². The Bertz CT molecular complexity index is 512. The fourth-order valence-corrected chi connectivity index (χ4v) is 3.49. The third-order valence-corrected chi connectivity index (χ3v) is 4.87. The zero-order chi connectivity index (χ0) is 16.1. The van der Waals surface area contributed by atoms with Crippen molar-refractivity contribution >= 4 is 5.91 Å². The maximum atomic E-state index is 12.5. The fourth-order valence-electron chi connectivity index (χ4n) is 3.49. The minimum absolute atomic E-state index is 0.147. The van der Waals surface area contributed by atoms with Crippen molar-refractivity contribution in [2.75, 3.05) is 52.5 Å². The molecule has 0 bridgehead atoms. The van der Waals surface area contributed by atoms with Crippen molar-refractivity contribution < 1.29 is 9.53 Å². The van der Waals surface area contributed by atoms with E-state index in [0.29, 0.717) is 11.8 Å². The minimum Gasteiger partial charge on any atom is -0.381 e. The van der Waals surface area contributed by atoms with E-state index < -0.39 is 0 Å². The molecule has 2 atom stereocenters. The third-order valence-electron chi connectivity index (χ3n) is 4.87. The van der Waals surface area contributed by atoms with Crippen LogP contribution in [0.4, 0.5) is 0 Å². The lowest BCUT2D eigenvalue weighted by Gasteiger charge is -2.27. The van der Waals surface area contributed by atoms with Gasteiger partial charge in [0.25, 0.3) is 5.91 Å². The Labute approximate surface area is 138 Å². The first kappa shape index (κ1) is 16.4. The van der Waals surface area contributed by atoms with Crippen LogP contribution in [0.1, 0.15) is 28.8 Å². The highest BCUT2D eigenvalue weighted by molar-refractivity contribution is 5.94. The number of piperazine rings is 1. The van der Waals surface area contributed by atoms with Crippen molar-refractivity contribution in [2.24, 2.45) is 5.92 Å². The summed E-state index contributed by atoms with van der Waals surface area (Å²) in [6, 6.07) is 8.20. The predicted molar refractivity (Wildman–Crippen MR) is 90.8 cm³/mol. The van der Waals surface area contributed by atoms with E-state index in [1.54, 1.807) is 0 Å². The number of hydrogen-bond donors (Lipinski definition) is 2. The summed E-state index contributed by atoms with van der Waals surface area (Å²) >= 11 is 0. The van der Waals surface area contributed by atoms with Gasteiger partial charge in [0, 0.05) is 63.3 Å². The second-order valence-electron chi connectivity index (χ2n) is 6.35. The van der Waals surface area contributed by atoms with Gasteiger partial charge in [-0.25, -0.2) is 0 Å². The molecular formula is C18H27N3O2. The average molecular weight is 317 g/mol. The highest BCUT2D eigenvalue weighted by atomic mass is 16.5. The van der Waals surface area contributed by atoms with Crippen LogP contribution in [0.5, 0.6) is 0 Å². The van der Waals surface area contributed by atoms with Crippen molar-refractivity contribution in [1.82, 2.24) is 15.5 Å². The normalized spacial score (nSPS) is 24.8. The molecule has 0 saturated carbocycles. The van der Waals surface area contributed by atoms with Crippen LogP contribution in [0.2, 0.25) is 0 Å². The first-order valence-corrected chi connectivity index (χ1v) is 8.68. The highest BCUT2D eigenvalue weighted by Gasteiger charge is 2.28. The predicted octanol–water partition coefficient (Wildman–Crippen LogP) is 1.07. The molecule has 1 aromatic carbocycles. The lowest BCUT2D eigenvalue weighted by atomic mass is 9.89. The van der Waals surface area contributed by atoms with Gasteiger partial charge in [-0.2, -0.15) is 0 Å². The molecule has 2 aliphatic heterocycles. The Morgan fingerprint density at radius 1 is 1.17 bits per heavy atom. The second kappa shape index (κ2) is 7.90. The smallest absolute Gasteiger partial charge is 0.253 e. The lowest BCUT2D eigenvalue weighted by molar-refractivity contribution is 0.0735. The van der Waals surface area contributed by atoms with Crippen LogP contribution in [0.3, 0.4) is 0 Å². The first-order chi connectivity index (χ1) is 11.3. The van der Waals surface area contributed by atoms with Gasteiger partial charge >= 0.3 is 0 Å². The summed E-state index contributed by atoms with van der Waals surface area (Å²) in [6.07, 6.45) is 0. The molecule has 0 aliphatic carbocycles. The van der Waals surface area contributed by atoms with Gasteiger partial charge < -0.3 is 20.3 Å². The molecule has 2 N–H and O–H groups in total. The Morgan fingerprint density at radius 2 is 1.91 bits per heavy atom. The summed E-state index contributed by atoms with van der Waals surface area (Å²) in [5.41, 5.74) is 2.10. The molecule has 0 radical (unpaired) electrons. The van der Waals surface area contributed by atoms with Gasteiger partial charge in [0.2, 0.25) is 0 Å². The Balaban J connectivity index is 1.65. The molecule has 2 fully saturated rings. The lowest BCUT2D eigenvalue weighted by Crippen LogP contribution is -2.46. The highest BCUT2D eigenvalue weighted by Crippen LogP contribution is 2.28. The van der Waals surface area contributed by atoms with E-state index in [-0.39, 0.29) is 5.91 Å². The number of rotatable bonds is 5. The van der Waals surface area contributed by atoms with Crippen LogP contribution in [-0.4, -0.2) is 63.3 Å². The van der Waals surface area contributed by atoms with Crippen LogP contribution in [0.15, 0.2) is 24.3 Å². The van der Waals surface area contributed by atoms with Crippen LogP contribution < -0.4 is 10.6 Å². The van der Waals surface area contributed by atoms with Gasteiger partial charge in [-0.3, -0.25) is 4.79 Å². The summed E-state index contributed by atoms with van der Waals surface area (Å²) in [5.74, 6) is 1.14. The molecular weight excluding hydrogens is 290 g/mol. The number of carbonyl (C=O) groups is 1. The van der Waals surface area contributed by atoms with Crippen molar-refractivity contribution in [3.8, 4) is 0 Å². The number of nitrogens with zero attached hydrogens (tertiary/aromatic N) is 1. The van der Waals surface area contributed by atoms with Crippen LogP contribution in [0.25, 0.3) is 0 Å². The van der Waals surface area contributed by atoms with Gasteiger partial charge in [-0.05, 0) is 24.6 Å². The van der Waals surface area contributed by atoms with E-state index in [4.69, 9.17) is 4.74 Å². The molecule has 1 amide bonds. The van der Waals surface area contributed by atoms with Gasteiger partial charge in [0.1, 0.15) is 0 Å². The van der Waals surface area contributed by atoms with E-state index in [1.165, 1.54) is 5.56 Å². The van der Waals surface area contributed by atoms with E-state index in [2.05, 4.69) is 22.8 Å². The molecule has 1 unspecified atom stereocenters. The fraction of sp³-hybridized carbons (Fsp3) is 0.611. The van der Waals surface area contributed by atoms with Crippen molar-refractivity contribution in [3.63, 3.8) is 0 Å². The van der Waals surface area contributed by atoms with Gasteiger partial charge in [0.15, 0.2) is 0 Å². The minimum atomic E-state index is 0.147. The van der Waals surface area contributed by atoms with E-state index >= 15 is 0 Å². The molecule has 2 saturated heterocycles. The first-order valence-electron chi connectivity index (χ1n) is 8.68. The van der Waals surface area contributed by atoms with Gasteiger partial charge in [-0.15, -0.1) is 0 Å². The average Bonchev–Trinajstić information content (AvgIpc) is 3.08. The largest absolute Gasteiger partial charge is 0.381 e. The Morgan fingerprint density at radius 3 is 2.61 bits per heavy atom. The van der Waals surface area contributed by atoms with Crippen molar-refractivity contribution in [2.45, 2.75) is 12.8 Å². The van der Waals surface area contributed by atoms with Crippen LogP contribution in [-0.2, 0) is 4.74 Å². The number of amides is 1. The molecule has 2 aliphatic rings. The van der Waals surface area contributed by atoms with Crippen LogP contribution >= 0.6 is 0 Å².